The predicted molar refractivity (Wildman–Crippen MR) is 86.5 cm³/mol. The molecule has 0 spiro atoms. The maximum Gasteiger partial charge on any atom is 0.169 e. The summed E-state index contributed by atoms with van der Waals surface area (Å²) in [5.74, 6) is 2.01. The highest BCUT2D eigenvalue weighted by atomic mass is 35.5. The summed E-state index contributed by atoms with van der Waals surface area (Å²) in [7, 11) is 0. The van der Waals surface area contributed by atoms with Crippen molar-refractivity contribution in [3.05, 3.63) is 53.1 Å². The summed E-state index contributed by atoms with van der Waals surface area (Å²) in [5, 5.41) is 3.86. The van der Waals surface area contributed by atoms with E-state index < -0.39 is 0 Å². The quantitative estimate of drug-likeness (QED) is 0.808. The van der Waals surface area contributed by atoms with Gasteiger partial charge < -0.3 is 14.8 Å². The normalized spacial score (nSPS) is 10.4. The van der Waals surface area contributed by atoms with E-state index in [4.69, 9.17) is 21.1 Å². The zero-order valence-corrected chi connectivity index (χ0v) is 13.1. The molecule has 112 valence electrons. The minimum Gasteiger partial charge on any atom is -0.490 e. The van der Waals surface area contributed by atoms with Gasteiger partial charge in [0, 0.05) is 6.54 Å². The Morgan fingerprint density at radius 3 is 2.43 bits per heavy atom. The van der Waals surface area contributed by atoms with E-state index in [0.717, 1.165) is 18.7 Å². The molecule has 0 radical (unpaired) electrons. The maximum absolute atomic E-state index is 6.29. The molecular formula is C17H20ClNO2. The Hall–Kier alpha value is -1.71. The first-order valence-electron chi connectivity index (χ1n) is 7.13. The predicted octanol–water partition coefficient (Wildman–Crippen LogP) is 4.64. The Balaban J connectivity index is 2.16. The summed E-state index contributed by atoms with van der Waals surface area (Å²) in [6, 6.07) is 13.4. The molecule has 1 N–H and O–H groups in total. The standard InChI is InChI=1S/C17H20ClNO2/c1-3-19-12-13-9-10-15(14(18)11-13)21-17-8-6-5-7-16(17)20-4-2/h5-11,19H,3-4,12H2,1-2H3. The minimum absolute atomic E-state index is 0.593. The van der Waals surface area contributed by atoms with Crippen LogP contribution in [0.3, 0.4) is 0 Å². The van der Waals surface area contributed by atoms with Gasteiger partial charge in [0.25, 0.3) is 0 Å². The molecule has 2 aromatic rings. The highest BCUT2D eigenvalue weighted by molar-refractivity contribution is 6.32. The number of para-hydroxylation sites is 2. The average molecular weight is 306 g/mol. The van der Waals surface area contributed by atoms with Gasteiger partial charge in [-0.1, -0.05) is 36.7 Å². The number of benzene rings is 2. The van der Waals surface area contributed by atoms with Crippen molar-refractivity contribution in [3.63, 3.8) is 0 Å². The number of halogens is 1. The van der Waals surface area contributed by atoms with Crippen molar-refractivity contribution in [2.24, 2.45) is 0 Å². The van der Waals surface area contributed by atoms with Crippen LogP contribution >= 0.6 is 11.6 Å². The van der Waals surface area contributed by atoms with Crippen molar-refractivity contribution in [2.75, 3.05) is 13.2 Å². The molecule has 3 nitrogen and oxygen atoms in total. The Bertz CT molecular complexity index is 587. The summed E-state index contributed by atoms with van der Waals surface area (Å²) in [5.41, 5.74) is 1.13. The van der Waals surface area contributed by atoms with Gasteiger partial charge in [-0.25, -0.2) is 0 Å². The summed E-state index contributed by atoms with van der Waals surface area (Å²) < 4.78 is 11.4. The van der Waals surface area contributed by atoms with Crippen LogP contribution in [0, 0.1) is 0 Å². The van der Waals surface area contributed by atoms with Crippen molar-refractivity contribution in [1.29, 1.82) is 0 Å². The Morgan fingerprint density at radius 1 is 1.00 bits per heavy atom. The van der Waals surface area contributed by atoms with Gasteiger partial charge in [0.2, 0.25) is 0 Å². The zero-order chi connectivity index (χ0) is 15.1. The smallest absolute Gasteiger partial charge is 0.169 e. The third kappa shape index (κ3) is 4.38. The van der Waals surface area contributed by atoms with Crippen molar-refractivity contribution < 1.29 is 9.47 Å². The van der Waals surface area contributed by atoms with Gasteiger partial charge in [-0.3, -0.25) is 0 Å². The van der Waals surface area contributed by atoms with Crippen LogP contribution in [0.25, 0.3) is 0 Å². The number of ether oxygens (including phenoxy) is 2. The van der Waals surface area contributed by atoms with Crippen molar-refractivity contribution in [1.82, 2.24) is 5.32 Å². The molecule has 4 heteroatoms. The highest BCUT2D eigenvalue weighted by Crippen LogP contribution is 2.35. The van der Waals surface area contributed by atoms with Gasteiger partial charge in [0.05, 0.1) is 11.6 Å². The van der Waals surface area contributed by atoms with Crippen molar-refractivity contribution in [2.45, 2.75) is 20.4 Å². The van der Waals surface area contributed by atoms with Crippen LogP contribution in [0.5, 0.6) is 17.2 Å². The minimum atomic E-state index is 0.593. The maximum atomic E-state index is 6.29. The van der Waals surface area contributed by atoms with Gasteiger partial charge in [-0.2, -0.15) is 0 Å². The molecule has 0 atom stereocenters. The van der Waals surface area contributed by atoms with E-state index in [9.17, 15) is 0 Å². The van der Waals surface area contributed by atoms with Gasteiger partial charge in [-0.15, -0.1) is 0 Å². The number of hydrogen-bond acceptors (Lipinski definition) is 3. The lowest BCUT2D eigenvalue weighted by Crippen LogP contribution is -2.11. The molecular weight excluding hydrogens is 286 g/mol. The number of nitrogens with one attached hydrogen (secondary N) is 1. The third-order valence-corrected chi connectivity index (χ3v) is 3.24. The van der Waals surface area contributed by atoms with E-state index in [-0.39, 0.29) is 0 Å². The molecule has 0 aliphatic rings. The Morgan fingerprint density at radius 2 is 1.76 bits per heavy atom. The summed E-state index contributed by atoms with van der Waals surface area (Å²) in [6.45, 7) is 6.34. The van der Waals surface area contributed by atoms with Crippen LogP contribution < -0.4 is 14.8 Å². The van der Waals surface area contributed by atoms with Crippen LogP contribution in [0.2, 0.25) is 5.02 Å². The monoisotopic (exact) mass is 305 g/mol. The topological polar surface area (TPSA) is 30.5 Å². The summed E-state index contributed by atoms with van der Waals surface area (Å²) >= 11 is 6.29. The summed E-state index contributed by atoms with van der Waals surface area (Å²) in [6.07, 6.45) is 0. The van der Waals surface area contributed by atoms with E-state index in [1.54, 1.807) is 0 Å². The first-order valence-corrected chi connectivity index (χ1v) is 7.51. The van der Waals surface area contributed by atoms with Crippen molar-refractivity contribution >= 4 is 11.6 Å². The van der Waals surface area contributed by atoms with Gasteiger partial charge in [0.15, 0.2) is 11.5 Å². The van der Waals surface area contributed by atoms with E-state index in [1.807, 2.05) is 49.4 Å². The van der Waals surface area contributed by atoms with Crippen LogP contribution in [-0.2, 0) is 6.54 Å². The van der Waals surface area contributed by atoms with Crippen LogP contribution in [0.4, 0.5) is 0 Å². The fraction of sp³-hybridized carbons (Fsp3) is 0.294. The van der Waals surface area contributed by atoms with Crippen LogP contribution in [0.15, 0.2) is 42.5 Å². The zero-order valence-electron chi connectivity index (χ0n) is 12.4. The lowest BCUT2D eigenvalue weighted by atomic mass is 10.2. The second-order valence-corrected chi connectivity index (χ2v) is 4.93. The third-order valence-electron chi connectivity index (χ3n) is 2.94. The Labute approximate surface area is 130 Å². The largest absolute Gasteiger partial charge is 0.490 e. The molecule has 0 aliphatic carbocycles. The first kappa shape index (κ1) is 15.7. The fourth-order valence-corrected chi connectivity index (χ4v) is 2.18. The second kappa shape index (κ2) is 7.91. The van der Waals surface area contributed by atoms with Crippen LogP contribution in [0.1, 0.15) is 19.4 Å². The molecule has 0 unspecified atom stereocenters. The Kier molecular flexibility index (Phi) is 5.90. The van der Waals surface area contributed by atoms with Gasteiger partial charge >= 0.3 is 0 Å². The van der Waals surface area contributed by atoms with E-state index in [2.05, 4.69) is 12.2 Å². The highest BCUT2D eigenvalue weighted by Gasteiger charge is 2.08. The number of rotatable bonds is 7. The molecule has 0 saturated carbocycles. The second-order valence-electron chi connectivity index (χ2n) is 4.53. The molecule has 0 aromatic heterocycles. The molecule has 0 saturated heterocycles. The molecule has 2 aromatic carbocycles. The van der Waals surface area contributed by atoms with Crippen LogP contribution in [-0.4, -0.2) is 13.2 Å². The van der Waals surface area contributed by atoms with Gasteiger partial charge in [-0.05, 0) is 43.3 Å². The SMILES string of the molecule is CCNCc1ccc(Oc2ccccc2OCC)c(Cl)c1. The first-order chi connectivity index (χ1) is 10.2. The number of hydrogen-bond donors (Lipinski definition) is 1. The molecule has 2 rings (SSSR count). The van der Waals surface area contributed by atoms with Crippen molar-refractivity contribution in [3.8, 4) is 17.2 Å². The average Bonchev–Trinajstić information content (AvgIpc) is 2.49. The summed E-state index contributed by atoms with van der Waals surface area (Å²) in [4.78, 5) is 0. The molecule has 21 heavy (non-hydrogen) atoms. The molecule has 0 bridgehead atoms. The van der Waals surface area contributed by atoms with Gasteiger partial charge in [0.1, 0.15) is 5.75 Å². The lowest BCUT2D eigenvalue weighted by molar-refractivity contribution is 0.321. The van der Waals surface area contributed by atoms with E-state index in [1.165, 1.54) is 0 Å². The molecule has 0 amide bonds. The van der Waals surface area contributed by atoms with E-state index >= 15 is 0 Å². The molecule has 0 fully saturated rings. The van der Waals surface area contributed by atoms with E-state index in [0.29, 0.717) is 28.9 Å². The molecule has 0 heterocycles. The fourth-order valence-electron chi connectivity index (χ4n) is 1.93. The lowest BCUT2D eigenvalue weighted by Gasteiger charge is -2.13. The molecule has 0 aliphatic heterocycles.